The number of aryl methyl sites for hydroxylation is 1. The summed E-state index contributed by atoms with van der Waals surface area (Å²) in [6.45, 7) is 2.17. The highest BCUT2D eigenvalue weighted by atomic mass is 35.5. The van der Waals surface area contributed by atoms with Crippen molar-refractivity contribution in [3.05, 3.63) is 86.9 Å². The fourth-order valence-corrected chi connectivity index (χ4v) is 2.47. The van der Waals surface area contributed by atoms with Crippen molar-refractivity contribution in [1.29, 1.82) is 0 Å². The lowest BCUT2D eigenvalue weighted by atomic mass is 10.1. The molecule has 0 aliphatic heterocycles. The molecule has 3 rings (SSSR count). The second kappa shape index (κ2) is 6.34. The normalized spacial score (nSPS) is 10.7. The number of benzene rings is 2. The van der Waals surface area contributed by atoms with E-state index < -0.39 is 0 Å². The number of hydrogen-bond acceptors (Lipinski definition) is 2. The van der Waals surface area contributed by atoms with Gasteiger partial charge in [0.25, 0.3) is 5.56 Å². The zero-order valence-corrected chi connectivity index (χ0v) is 13.2. The minimum Gasteiger partial charge on any atom is -0.268 e. The third-order valence-electron chi connectivity index (χ3n) is 3.55. The second-order valence-electron chi connectivity index (χ2n) is 5.31. The average molecular weight is 329 g/mol. The van der Waals surface area contributed by atoms with Crippen LogP contribution in [-0.2, 0) is 6.54 Å². The first-order chi connectivity index (χ1) is 11.0. The van der Waals surface area contributed by atoms with Crippen LogP contribution in [0.4, 0.5) is 4.39 Å². The van der Waals surface area contributed by atoms with Gasteiger partial charge in [0.2, 0.25) is 0 Å². The molecule has 0 saturated heterocycles. The van der Waals surface area contributed by atoms with Crippen molar-refractivity contribution in [3.8, 4) is 11.3 Å². The minimum atomic E-state index is -0.305. The van der Waals surface area contributed by atoms with Gasteiger partial charge >= 0.3 is 0 Å². The largest absolute Gasteiger partial charge is 0.268 e. The summed E-state index contributed by atoms with van der Waals surface area (Å²) in [4.78, 5) is 12.2. The monoisotopic (exact) mass is 328 g/mol. The maximum Gasteiger partial charge on any atom is 0.267 e. The predicted molar refractivity (Wildman–Crippen MR) is 89.2 cm³/mol. The summed E-state index contributed by atoms with van der Waals surface area (Å²) in [6.07, 6.45) is 0. The lowest BCUT2D eigenvalue weighted by Gasteiger charge is -2.10. The molecular formula is C18H14ClFN2O. The van der Waals surface area contributed by atoms with Crippen LogP contribution in [0.5, 0.6) is 0 Å². The zero-order valence-electron chi connectivity index (χ0n) is 12.5. The average Bonchev–Trinajstić information content (AvgIpc) is 2.53. The molecule has 116 valence electrons. The van der Waals surface area contributed by atoms with Crippen molar-refractivity contribution < 1.29 is 4.39 Å². The number of aromatic nitrogens is 2. The molecule has 0 bridgehead atoms. The highest BCUT2D eigenvalue weighted by Crippen LogP contribution is 2.20. The van der Waals surface area contributed by atoms with E-state index in [9.17, 15) is 9.18 Å². The number of hydrogen-bond donors (Lipinski definition) is 0. The SMILES string of the molecule is Cc1cc(=O)n(Cc2ccc(Cl)cc2)nc1-c1ccc(F)cc1. The van der Waals surface area contributed by atoms with E-state index >= 15 is 0 Å². The van der Waals surface area contributed by atoms with E-state index in [1.807, 2.05) is 19.1 Å². The molecule has 0 radical (unpaired) electrons. The molecule has 1 aromatic heterocycles. The highest BCUT2D eigenvalue weighted by Gasteiger charge is 2.09. The Kier molecular flexibility index (Phi) is 4.26. The van der Waals surface area contributed by atoms with Gasteiger partial charge in [0.05, 0.1) is 12.2 Å². The van der Waals surface area contributed by atoms with Crippen molar-refractivity contribution in [3.63, 3.8) is 0 Å². The lowest BCUT2D eigenvalue weighted by Crippen LogP contribution is -2.24. The molecule has 3 aromatic rings. The Bertz CT molecular complexity index is 886. The highest BCUT2D eigenvalue weighted by molar-refractivity contribution is 6.30. The van der Waals surface area contributed by atoms with E-state index in [0.717, 1.165) is 16.7 Å². The van der Waals surface area contributed by atoms with Crippen LogP contribution in [0.2, 0.25) is 5.02 Å². The standard InChI is InChI=1S/C18H14ClFN2O/c1-12-10-17(23)22(11-13-2-6-15(19)7-3-13)21-18(12)14-4-8-16(20)9-5-14/h2-10H,11H2,1H3. The van der Waals surface area contributed by atoms with E-state index in [2.05, 4.69) is 5.10 Å². The van der Waals surface area contributed by atoms with E-state index in [-0.39, 0.29) is 11.4 Å². The molecule has 0 N–H and O–H groups in total. The van der Waals surface area contributed by atoms with E-state index in [1.165, 1.54) is 16.8 Å². The van der Waals surface area contributed by atoms with Crippen molar-refractivity contribution in [2.75, 3.05) is 0 Å². The molecule has 23 heavy (non-hydrogen) atoms. The third-order valence-corrected chi connectivity index (χ3v) is 3.80. The Morgan fingerprint density at radius 2 is 1.74 bits per heavy atom. The minimum absolute atomic E-state index is 0.177. The number of nitrogens with zero attached hydrogens (tertiary/aromatic N) is 2. The summed E-state index contributed by atoms with van der Waals surface area (Å²) in [5.41, 5.74) is 2.95. The summed E-state index contributed by atoms with van der Waals surface area (Å²) in [6, 6.07) is 14.9. The molecule has 0 fully saturated rings. The maximum absolute atomic E-state index is 13.1. The van der Waals surface area contributed by atoms with Crippen LogP contribution in [0.25, 0.3) is 11.3 Å². The molecule has 1 heterocycles. The molecule has 0 saturated carbocycles. The molecule has 0 unspecified atom stereocenters. The van der Waals surface area contributed by atoms with Crippen molar-refractivity contribution in [2.45, 2.75) is 13.5 Å². The maximum atomic E-state index is 13.1. The molecule has 5 heteroatoms. The van der Waals surface area contributed by atoms with Gasteiger partial charge in [-0.15, -0.1) is 0 Å². The zero-order chi connectivity index (χ0) is 16.4. The van der Waals surface area contributed by atoms with Crippen molar-refractivity contribution in [1.82, 2.24) is 9.78 Å². The summed E-state index contributed by atoms with van der Waals surface area (Å²) in [7, 11) is 0. The van der Waals surface area contributed by atoms with Gasteiger partial charge in [-0.05, 0) is 54.4 Å². The molecule has 3 nitrogen and oxygen atoms in total. The first kappa shape index (κ1) is 15.4. The quantitative estimate of drug-likeness (QED) is 0.726. The Morgan fingerprint density at radius 3 is 2.39 bits per heavy atom. The molecule has 0 amide bonds. The second-order valence-corrected chi connectivity index (χ2v) is 5.74. The van der Waals surface area contributed by atoms with Crippen LogP contribution in [0.3, 0.4) is 0 Å². The Labute approximate surface area is 138 Å². The van der Waals surface area contributed by atoms with Crippen LogP contribution in [-0.4, -0.2) is 9.78 Å². The smallest absolute Gasteiger partial charge is 0.267 e. The third kappa shape index (κ3) is 3.48. The number of rotatable bonds is 3. The van der Waals surface area contributed by atoms with Crippen LogP contribution in [0, 0.1) is 12.7 Å². The van der Waals surface area contributed by atoms with Gasteiger partial charge in [0, 0.05) is 16.7 Å². The Morgan fingerprint density at radius 1 is 1.09 bits per heavy atom. The molecule has 2 aromatic carbocycles. The lowest BCUT2D eigenvalue weighted by molar-refractivity contribution is 0.627. The molecule has 0 aliphatic carbocycles. The van der Waals surface area contributed by atoms with Gasteiger partial charge in [0.15, 0.2) is 0 Å². The van der Waals surface area contributed by atoms with Crippen LogP contribution < -0.4 is 5.56 Å². The Balaban J connectivity index is 2.01. The van der Waals surface area contributed by atoms with Gasteiger partial charge in [0.1, 0.15) is 5.82 Å². The summed E-state index contributed by atoms with van der Waals surface area (Å²) >= 11 is 5.87. The van der Waals surface area contributed by atoms with E-state index in [1.54, 1.807) is 30.3 Å². The van der Waals surface area contributed by atoms with Crippen LogP contribution >= 0.6 is 11.6 Å². The molecule has 0 aliphatic rings. The van der Waals surface area contributed by atoms with E-state index in [0.29, 0.717) is 17.3 Å². The summed E-state index contributed by atoms with van der Waals surface area (Å²) in [5, 5.41) is 5.08. The fraction of sp³-hybridized carbons (Fsp3) is 0.111. The summed E-state index contributed by atoms with van der Waals surface area (Å²) < 4.78 is 14.5. The van der Waals surface area contributed by atoms with Gasteiger partial charge in [-0.3, -0.25) is 4.79 Å². The molecular weight excluding hydrogens is 315 g/mol. The van der Waals surface area contributed by atoms with Gasteiger partial charge in [-0.2, -0.15) is 5.10 Å². The van der Waals surface area contributed by atoms with E-state index in [4.69, 9.17) is 11.6 Å². The van der Waals surface area contributed by atoms with Crippen molar-refractivity contribution in [2.24, 2.45) is 0 Å². The molecule has 0 spiro atoms. The fourth-order valence-electron chi connectivity index (χ4n) is 2.35. The van der Waals surface area contributed by atoms with Crippen LogP contribution in [0.15, 0.2) is 59.4 Å². The van der Waals surface area contributed by atoms with Gasteiger partial charge in [-0.1, -0.05) is 23.7 Å². The van der Waals surface area contributed by atoms with Gasteiger partial charge < -0.3 is 0 Å². The summed E-state index contributed by atoms with van der Waals surface area (Å²) in [5.74, 6) is -0.305. The predicted octanol–water partition coefficient (Wildman–Crippen LogP) is 4.06. The van der Waals surface area contributed by atoms with Gasteiger partial charge in [-0.25, -0.2) is 9.07 Å². The van der Waals surface area contributed by atoms with Crippen molar-refractivity contribution >= 4 is 11.6 Å². The number of halogens is 2. The topological polar surface area (TPSA) is 34.9 Å². The first-order valence-corrected chi connectivity index (χ1v) is 7.50. The van der Waals surface area contributed by atoms with Crippen LogP contribution in [0.1, 0.15) is 11.1 Å². The molecule has 0 atom stereocenters. The Hall–Kier alpha value is -2.46. The first-order valence-electron chi connectivity index (χ1n) is 7.12.